The lowest BCUT2D eigenvalue weighted by molar-refractivity contribution is -0.342. The van der Waals surface area contributed by atoms with Crippen molar-refractivity contribution in [1.29, 1.82) is 0 Å². The smallest absolute Gasteiger partial charge is 0.381 e. The zero-order chi connectivity index (χ0) is 25.0. The van der Waals surface area contributed by atoms with Crippen molar-refractivity contribution in [2.75, 3.05) is 6.61 Å². The van der Waals surface area contributed by atoms with Crippen LogP contribution in [-0.4, -0.2) is 30.8 Å². The van der Waals surface area contributed by atoms with Gasteiger partial charge >= 0.3 is 24.2 Å². The molecule has 0 N–H and O–H groups in total. The molecule has 0 bridgehead atoms. The fourth-order valence-corrected chi connectivity index (χ4v) is 2.72. The number of nitrogens with zero attached hydrogens (tertiary/aromatic N) is 2. The molecule has 0 radical (unpaired) electrons. The van der Waals surface area contributed by atoms with E-state index in [1.54, 1.807) is 12.1 Å². The molecule has 0 saturated heterocycles. The van der Waals surface area contributed by atoms with Gasteiger partial charge < -0.3 is 4.74 Å². The van der Waals surface area contributed by atoms with Gasteiger partial charge in [-0.2, -0.15) is 36.6 Å². The van der Waals surface area contributed by atoms with Gasteiger partial charge in [0.05, 0.1) is 11.4 Å². The maximum absolute atomic E-state index is 13.5. The van der Waals surface area contributed by atoms with E-state index in [1.807, 2.05) is 42.5 Å². The number of hydrogen-bond acceptors (Lipinski definition) is 3. The molecule has 0 amide bonds. The van der Waals surface area contributed by atoms with E-state index in [4.69, 9.17) is 0 Å². The minimum Gasteiger partial charge on any atom is -0.487 e. The maximum atomic E-state index is 13.5. The van der Waals surface area contributed by atoms with Gasteiger partial charge in [-0.3, -0.25) is 0 Å². The SMILES string of the molecule is FC(F)C(F)(F)C(F)(F)C(F)(F)COc1ccc(/N=N/c2ccc(-c3ccccc3)cc2)cc1. The van der Waals surface area contributed by atoms with Gasteiger partial charge in [-0.05, 0) is 47.5 Å². The van der Waals surface area contributed by atoms with Crippen molar-refractivity contribution < 1.29 is 39.9 Å². The summed E-state index contributed by atoms with van der Waals surface area (Å²) >= 11 is 0. The zero-order valence-corrected chi connectivity index (χ0v) is 17.1. The molecule has 0 atom stereocenters. The first-order valence-electron chi connectivity index (χ1n) is 9.66. The Bertz CT molecular complexity index is 1100. The Labute approximate surface area is 188 Å². The lowest BCUT2D eigenvalue weighted by atomic mass is 10.1. The molecular formula is C23H16F8N2O. The van der Waals surface area contributed by atoms with Crippen LogP contribution in [0, 0.1) is 0 Å². The summed E-state index contributed by atoms with van der Waals surface area (Å²) in [6.45, 7) is -2.24. The highest BCUT2D eigenvalue weighted by molar-refractivity contribution is 5.65. The Balaban J connectivity index is 1.61. The van der Waals surface area contributed by atoms with Crippen LogP contribution in [0.2, 0.25) is 0 Å². The van der Waals surface area contributed by atoms with Crippen molar-refractivity contribution in [3.63, 3.8) is 0 Å². The Morgan fingerprint density at radius 3 is 1.62 bits per heavy atom. The third-order valence-corrected chi connectivity index (χ3v) is 4.66. The van der Waals surface area contributed by atoms with Crippen LogP contribution in [-0.2, 0) is 0 Å². The summed E-state index contributed by atoms with van der Waals surface area (Å²) in [5.74, 6) is -18.5. The van der Waals surface area contributed by atoms with Crippen LogP contribution in [0.3, 0.4) is 0 Å². The first kappa shape index (κ1) is 25.1. The highest BCUT2D eigenvalue weighted by Crippen LogP contribution is 2.48. The monoisotopic (exact) mass is 488 g/mol. The highest BCUT2D eigenvalue weighted by Gasteiger charge is 2.75. The molecule has 0 saturated carbocycles. The topological polar surface area (TPSA) is 34.0 Å². The van der Waals surface area contributed by atoms with E-state index in [-0.39, 0.29) is 11.4 Å². The zero-order valence-electron chi connectivity index (χ0n) is 17.1. The second kappa shape index (κ2) is 9.78. The Hall–Kier alpha value is -3.50. The quantitative estimate of drug-likeness (QED) is 0.220. The minimum atomic E-state index is -6.32. The summed E-state index contributed by atoms with van der Waals surface area (Å²) in [7, 11) is 0. The van der Waals surface area contributed by atoms with Crippen LogP contribution in [0.25, 0.3) is 11.1 Å². The molecule has 34 heavy (non-hydrogen) atoms. The summed E-state index contributed by atoms with van der Waals surface area (Å²) in [6, 6.07) is 21.4. The van der Waals surface area contributed by atoms with Crippen molar-refractivity contribution in [2.45, 2.75) is 24.2 Å². The third kappa shape index (κ3) is 5.35. The highest BCUT2D eigenvalue weighted by atomic mass is 19.4. The molecule has 0 aliphatic carbocycles. The molecule has 0 spiro atoms. The molecular weight excluding hydrogens is 472 g/mol. The number of halogens is 8. The standard InChI is InChI=1S/C23H16F8N2O/c24-20(25)22(28,29)23(30,31)21(26,27)14-34-19-12-10-18(11-13-19)33-32-17-8-6-16(7-9-17)15-4-2-1-3-5-15/h1-13,20H,14H2/b33-32+. The first-order chi connectivity index (χ1) is 15.9. The number of ether oxygens (including phenoxy) is 1. The maximum Gasteiger partial charge on any atom is 0.381 e. The predicted molar refractivity (Wildman–Crippen MR) is 109 cm³/mol. The van der Waals surface area contributed by atoms with Crippen molar-refractivity contribution in [2.24, 2.45) is 10.2 Å². The lowest BCUT2D eigenvalue weighted by Gasteiger charge is -2.31. The number of benzene rings is 3. The lowest BCUT2D eigenvalue weighted by Crippen LogP contribution is -2.59. The summed E-state index contributed by atoms with van der Waals surface area (Å²) in [6.07, 6.45) is -4.98. The second-order valence-corrected chi connectivity index (χ2v) is 7.10. The van der Waals surface area contributed by atoms with Gasteiger partial charge in [-0.25, -0.2) is 8.78 Å². The van der Waals surface area contributed by atoms with E-state index >= 15 is 0 Å². The summed E-state index contributed by atoms with van der Waals surface area (Å²) in [5, 5.41) is 7.95. The molecule has 0 heterocycles. The molecule has 3 aromatic carbocycles. The molecule has 3 aromatic rings. The Morgan fingerprint density at radius 2 is 1.12 bits per heavy atom. The van der Waals surface area contributed by atoms with E-state index < -0.39 is 30.8 Å². The van der Waals surface area contributed by atoms with E-state index in [0.717, 1.165) is 23.3 Å². The van der Waals surface area contributed by atoms with Crippen LogP contribution in [0.4, 0.5) is 46.5 Å². The summed E-state index contributed by atoms with van der Waals surface area (Å²) in [5.41, 5.74) is 2.75. The summed E-state index contributed by atoms with van der Waals surface area (Å²) < 4.78 is 108. The second-order valence-electron chi connectivity index (χ2n) is 7.10. The molecule has 3 rings (SSSR count). The van der Waals surface area contributed by atoms with Crippen molar-refractivity contribution in [3.05, 3.63) is 78.9 Å². The molecule has 0 aliphatic heterocycles. The van der Waals surface area contributed by atoms with Gasteiger partial charge in [0.1, 0.15) is 5.75 Å². The molecule has 0 fully saturated rings. The van der Waals surface area contributed by atoms with E-state index in [9.17, 15) is 35.1 Å². The van der Waals surface area contributed by atoms with Gasteiger partial charge in [-0.1, -0.05) is 42.5 Å². The number of azo groups is 1. The van der Waals surface area contributed by atoms with Gasteiger partial charge in [0.25, 0.3) is 0 Å². The molecule has 11 heteroatoms. The van der Waals surface area contributed by atoms with Crippen LogP contribution in [0.15, 0.2) is 89.1 Å². The van der Waals surface area contributed by atoms with Crippen molar-refractivity contribution in [1.82, 2.24) is 0 Å². The van der Waals surface area contributed by atoms with Crippen LogP contribution in [0.5, 0.6) is 5.75 Å². The first-order valence-corrected chi connectivity index (χ1v) is 9.66. The van der Waals surface area contributed by atoms with Crippen molar-refractivity contribution in [3.8, 4) is 16.9 Å². The van der Waals surface area contributed by atoms with Gasteiger partial charge in [-0.15, -0.1) is 0 Å². The largest absolute Gasteiger partial charge is 0.487 e. The van der Waals surface area contributed by atoms with E-state index in [1.165, 1.54) is 12.1 Å². The number of hydrogen-bond donors (Lipinski definition) is 0. The average Bonchev–Trinajstić information content (AvgIpc) is 2.82. The van der Waals surface area contributed by atoms with E-state index in [0.29, 0.717) is 5.69 Å². The molecule has 0 aromatic heterocycles. The van der Waals surface area contributed by atoms with Crippen LogP contribution >= 0.6 is 0 Å². The van der Waals surface area contributed by atoms with E-state index in [2.05, 4.69) is 15.0 Å². The number of alkyl halides is 8. The molecule has 180 valence electrons. The van der Waals surface area contributed by atoms with Crippen LogP contribution < -0.4 is 4.74 Å². The fourth-order valence-electron chi connectivity index (χ4n) is 2.72. The average molecular weight is 488 g/mol. The molecule has 0 unspecified atom stereocenters. The Morgan fingerprint density at radius 1 is 0.647 bits per heavy atom. The third-order valence-electron chi connectivity index (χ3n) is 4.66. The van der Waals surface area contributed by atoms with Gasteiger partial charge in [0.2, 0.25) is 0 Å². The van der Waals surface area contributed by atoms with Crippen LogP contribution in [0.1, 0.15) is 0 Å². The van der Waals surface area contributed by atoms with Gasteiger partial charge in [0.15, 0.2) is 6.61 Å². The Kier molecular flexibility index (Phi) is 7.23. The predicted octanol–water partition coefficient (Wildman–Crippen LogP) is 8.32. The molecule has 0 aliphatic rings. The number of rotatable bonds is 9. The summed E-state index contributed by atoms with van der Waals surface area (Å²) in [4.78, 5) is 0. The molecule has 3 nitrogen and oxygen atoms in total. The fraction of sp³-hybridized carbons (Fsp3) is 0.217. The van der Waals surface area contributed by atoms with Gasteiger partial charge in [0, 0.05) is 0 Å². The minimum absolute atomic E-state index is 0.251. The van der Waals surface area contributed by atoms with Crippen molar-refractivity contribution >= 4 is 11.4 Å². The normalized spacial score (nSPS) is 13.0.